The van der Waals surface area contributed by atoms with Gasteiger partial charge in [-0.2, -0.15) is 0 Å². The maximum atomic E-state index is 14.5. The molecule has 1 nitrogen and oxygen atoms in total. The third-order valence-electron chi connectivity index (χ3n) is 3.51. The number of hydrogen-bond acceptors (Lipinski definition) is 1. The van der Waals surface area contributed by atoms with Crippen molar-refractivity contribution in [3.05, 3.63) is 35.4 Å². The highest BCUT2D eigenvalue weighted by Crippen LogP contribution is 2.42. The molecule has 0 radical (unpaired) electrons. The van der Waals surface area contributed by atoms with Gasteiger partial charge in [0.2, 0.25) is 0 Å². The van der Waals surface area contributed by atoms with E-state index in [1.54, 1.807) is 0 Å². The second-order valence-electron chi connectivity index (χ2n) is 4.77. The van der Waals surface area contributed by atoms with Crippen molar-refractivity contribution >= 4 is 0 Å². The smallest absolute Gasteiger partial charge is 0.136 e. The van der Waals surface area contributed by atoms with E-state index in [1.165, 1.54) is 5.56 Å². The highest BCUT2D eigenvalue weighted by molar-refractivity contribution is 5.29. The van der Waals surface area contributed by atoms with Gasteiger partial charge in [-0.3, -0.25) is 0 Å². The molecule has 0 aliphatic heterocycles. The van der Waals surface area contributed by atoms with Gasteiger partial charge in [0, 0.05) is 0 Å². The summed E-state index contributed by atoms with van der Waals surface area (Å²) in [5, 5.41) is 0. The zero-order valence-corrected chi connectivity index (χ0v) is 9.71. The summed E-state index contributed by atoms with van der Waals surface area (Å²) < 4.78 is 14.5. The summed E-state index contributed by atoms with van der Waals surface area (Å²) in [4.78, 5) is 0. The zero-order valence-electron chi connectivity index (χ0n) is 9.71. The number of rotatable bonds is 4. The van der Waals surface area contributed by atoms with E-state index in [2.05, 4.69) is 6.07 Å². The maximum absolute atomic E-state index is 14.5. The van der Waals surface area contributed by atoms with Gasteiger partial charge in [0.05, 0.1) is 0 Å². The Balaban J connectivity index is 2.15. The third kappa shape index (κ3) is 2.43. The average Bonchev–Trinajstić information content (AvgIpc) is 2.75. The molecule has 0 saturated heterocycles. The van der Waals surface area contributed by atoms with Gasteiger partial charge in [-0.15, -0.1) is 0 Å². The Kier molecular flexibility index (Phi) is 3.59. The predicted molar refractivity (Wildman–Crippen MR) is 65.1 cm³/mol. The van der Waals surface area contributed by atoms with Gasteiger partial charge >= 0.3 is 0 Å². The molecule has 1 aliphatic carbocycles. The molecule has 0 heterocycles. The first kappa shape index (κ1) is 11.6. The van der Waals surface area contributed by atoms with Crippen molar-refractivity contribution in [2.45, 2.75) is 44.2 Å². The molecule has 1 aromatic carbocycles. The van der Waals surface area contributed by atoms with Crippen molar-refractivity contribution in [3.8, 4) is 0 Å². The summed E-state index contributed by atoms with van der Waals surface area (Å²) in [6.45, 7) is 0.699. The van der Waals surface area contributed by atoms with Crippen LogP contribution in [-0.2, 0) is 12.1 Å². The Bertz CT molecular complexity index is 342. The lowest BCUT2D eigenvalue weighted by Crippen LogP contribution is -2.15. The summed E-state index contributed by atoms with van der Waals surface area (Å²) in [6, 6.07) is 8.00. The summed E-state index contributed by atoms with van der Waals surface area (Å²) in [6.07, 6.45) is 5.34. The molecule has 88 valence electrons. The average molecular weight is 221 g/mol. The van der Waals surface area contributed by atoms with Crippen molar-refractivity contribution in [2.24, 2.45) is 5.73 Å². The van der Waals surface area contributed by atoms with Crippen molar-refractivity contribution in [1.29, 1.82) is 0 Å². The van der Waals surface area contributed by atoms with Crippen LogP contribution in [0.5, 0.6) is 0 Å². The van der Waals surface area contributed by atoms with E-state index in [9.17, 15) is 4.39 Å². The molecule has 1 aliphatic rings. The van der Waals surface area contributed by atoms with Gasteiger partial charge in [-0.05, 0) is 56.2 Å². The van der Waals surface area contributed by atoms with Crippen molar-refractivity contribution in [3.63, 3.8) is 0 Å². The van der Waals surface area contributed by atoms with Crippen LogP contribution >= 0.6 is 0 Å². The molecule has 2 heteroatoms. The van der Waals surface area contributed by atoms with E-state index >= 15 is 0 Å². The molecule has 0 spiro atoms. The summed E-state index contributed by atoms with van der Waals surface area (Å²) in [7, 11) is 0. The van der Waals surface area contributed by atoms with Crippen LogP contribution in [0.3, 0.4) is 0 Å². The fourth-order valence-corrected chi connectivity index (χ4v) is 2.54. The Morgan fingerprint density at radius 3 is 2.69 bits per heavy atom. The minimum atomic E-state index is -1.06. The lowest BCUT2D eigenvalue weighted by atomic mass is 9.92. The van der Waals surface area contributed by atoms with Gasteiger partial charge in [0.15, 0.2) is 0 Å². The van der Waals surface area contributed by atoms with E-state index < -0.39 is 5.67 Å². The van der Waals surface area contributed by atoms with Crippen LogP contribution in [0.2, 0.25) is 0 Å². The molecule has 0 aromatic heterocycles. The molecule has 0 atom stereocenters. The minimum Gasteiger partial charge on any atom is -0.330 e. The van der Waals surface area contributed by atoms with Crippen LogP contribution in [0.4, 0.5) is 4.39 Å². The lowest BCUT2D eigenvalue weighted by molar-refractivity contribution is 0.174. The first-order valence-electron chi connectivity index (χ1n) is 6.23. The number of halogens is 1. The number of alkyl halides is 1. The molecule has 0 amide bonds. The van der Waals surface area contributed by atoms with Crippen LogP contribution < -0.4 is 5.73 Å². The van der Waals surface area contributed by atoms with Crippen LogP contribution in [0.25, 0.3) is 0 Å². The Labute approximate surface area is 96.9 Å². The van der Waals surface area contributed by atoms with Gasteiger partial charge in [0.1, 0.15) is 5.67 Å². The lowest BCUT2D eigenvalue weighted by Gasteiger charge is -2.20. The van der Waals surface area contributed by atoms with E-state index in [-0.39, 0.29) is 0 Å². The second kappa shape index (κ2) is 4.96. The molecule has 1 fully saturated rings. The molecule has 1 saturated carbocycles. The Morgan fingerprint density at radius 1 is 1.25 bits per heavy atom. The zero-order chi connectivity index (χ0) is 11.4. The van der Waals surface area contributed by atoms with E-state index in [0.717, 1.165) is 31.2 Å². The number of hydrogen-bond donors (Lipinski definition) is 1. The highest BCUT2D eigenvalue weighted by atomic mass is 19.1. The molecule has 2 N–H and O–H groups in total. The first-order chi connectivity index (χ1) is 7.74. The third-order valence-corrected chi connectivity index (χ3v) is 3.51. The Morgan fingerprint density at radius 2 is 2.00 bits per heavy atom. The standard InChI is InChI=1S/C14H20FN/c15-14(8-1-2-9-14)13-7-3-5-12(11-13)6-4-10-16/h3,5,7,11H,1-2,4,6,8-10,16H2. The quantitative estimate of drug-likeness (QED) is 0.829. The van der Waals surface area contributed by atoms with Crippen LogP contribution in [-0.4, -0.2) is 6.54 Å². The van der Waals surface area contributed by atoms with Crippen LogP contribution in [0.15, 0.2) is 24.3 Å². The minimum absolute atomic E-state index is 0.688. The SMILES string of the molecule is NCCCc1cccc(C2(F)CCCC2)c1. The fourth-order valence-electron chi connectivity index (χ4n) is 2.54. The fraction of sp³-hybridized carbons (Fsp3) is 0.571. The molecule has 16 heavy (non-hydrogen) atoms. The van der Waals surface area contributed by atoms with Crippen molar-refractivity contribution in [2.75, 3.05) is 6.54 Å². The molecule has 0 unspecified atom stereocenters. The van der Waals surface area contributed by atoms with Crippen LogP contribution in [0.1, 0.15) is 43.2 Å². The highest BCUT2D eigenvalue weighted by Gasteiger charge is 2.35. The van der Waals surface area contributed by atoms with Crippen molar-refractivity contribution in [1.82, 2.24) is 0 Å². The number of nitrogens with two attached hydrogens (primary N) is 1. The van der Waals surface area contributed by atoms with Gasteiger partial charge in [-0.25, -0.2) is 4.39 Å². The van der Waals surface area contributed by atoms with E-state index in [0.29, 0.717) is 19.4 Å². The second-order valence-corrected chi connectivity index (χ2v) is 4.77. The summed E-state index contributed by atoms with van der Waals surface area (Å²) in [5.41, 5.74) is 6.52. The first-order valence-corrected chi connectivity index (χ1v) is 6.23. The van der Waals surface area contributed by atoms with Crippen molar-refractivity contribution < 1.29 is 4.39 Å². The van der Waals surface area contributed by atoms with Gasteiger partial charge in [-0.1, -0.05) is 24.3 Å². The monoisotopic (exact) mass is 221 g/mol. The molecule has 2 rings (SSSR count). The largest absolute Gasteiger partial charge is 0.330 e. The van der Waals surface area contributed by atoms with E-state index in [1.807, 2.05) is 18.2 Å². The van der Waals surface area contributed by atoms with Crippen LogP contribution in [0, 0.1) is 0 Å². The normalized spacial score (nSPS) is 18.9. The molecule has 1 aromatic rings. The van der Waals surface area contributed by atoms with E-state index in [4.69, 9.17) is 5.73 Å². The Hall–Kier alpha value is -0.890. The number of benzene rings is 1. The molecule has 0 bridgehead atoms. The summed E-state index contributed by atoms with van der Waals surface area (Å²) >= 11 is 0. The molecular formula is C14H20FN. The van der Waals surface area contributed by atoms with Gasteiger partial charge in [0.25, 0.3) is 0 Å². The topological polar surface area (TPSA) is 26.0 Å². The summed E-state index contributed by atoms with van der Waals surface area (Å²) in [5.74, 6) is 0. The molecular weight excluding hydrogens is 201 g/mol. The predicted octanol–water partition coefficient (Wildman–Crippen LogP) is 3.32. The van der Waals surface area contributed by atoms with Gasteiger partial charge < -0.3 is 5.73 Å². The maximum Gasteiger partial charge on any atom is 0.136 e. The number of aryl methyl sites for hydroxylation is 1.